The van der Waals surface area contributed by atoms with Gasteiger partial charge in [0.15, 0.2) is 0 Å². The van der Waals surface area contributed by atoms with Crippen LogP contribution < -0.4 is 4.90 Å². The minimum Gasteiger partial charge on any atom is -0.354 e. The molecule has 25 heavy (non-hydrogen) atoms. The first kappa shape index (κ1) is 16.1. The number of rotatable bonds is 3. The van der Waals surface area contributed by atoms with E-state index in [0.29, 0.717) is 31.1 Å². The van der Waals surface area contributed by atoms with E-state index in [4.69, 9.17) is 0 Å². The molecule has 0 spiro atoms. The SMILES string of the molecule is O=S(=O)(c1ccc2ccccc2c1)N1CCN(c2ccccn2)CC1. The van der Waals surface area contributed by atoms with E-state index in [1.165, 1.54) is 0 Å². The number of nitrogens with zero attached hydrogens (tertiary/aromatic N) is 3. The second-order valence-corrected chi connectivity index (χ2v) is 8.03. The van der Waals surface area contributed by atoms with Crippen molar-refractivity contribution in [2.75, 3.05) is 31.1 Å². The zero-order valence-electron chi connectivity index (χ0n) is 13.7. The number of hydrogen-bond acceptors (Lipinski definition) is 4. The highest BCUT2D eigenvalue weighted by Gasteiger charge is 2.28. The molecule has 4 rings (SSSR count). The van der Waals surface area contributed by atoms with Gasteiger partial charge in [-0.15, -0.1) is 0 Å². The molecule has 5 nitrogen and oxygen atoms in total. The van der Waals surface area contributed by atoms with E-state index >= 15 is 0 Å². The van der Waals surface area contributed by atoms with Gasteiger partial charge in [-0.2, -0.15) is 4.31 Å². The van der Waals surface area contributed by atoms with Crippen molar-refractivity contribution in [3.63, 3.8) is 0 Å². The van der Waals surface area contributed by atoms with Gasteiger partial charge in [0.05, 0.1) is 4.90 Å². The zero-order chi connectivity index (χ0) is 17.3. The second kappa shape index (κ2) is 6.46. The molecule has 0 unspecified atom stereocenters. The maximum Gasteiger partial charge on any atom is 0.243 e. The smallest absolute Gasteiger partial charge is 0.243 e. The van der Waals surface area contributed by atoms with Crippen molar-refractivity contribution in [3.8, 4) is 0 Å². The van der Waals surface area contributed by atoms with Gasteiger partial charge in [0.25, 0.3) is 0 Å². The fraction of sp³-hybridized carbons (Fsp3) is 0.211. The van der Waals surface area contributed by atoms with Gasteiger partial charge in [0.1, 0.15) is 5.82 Å². The summed E-state index contributed by atoms with van der Waals surface area (Å²) < 4.78 is 27.5. The maximum atomic E-state index is 13.0. The standard InChI is InChI=1S/C19H19N3O2S/c23-25(24,18-9-8-16-5-1-2-6-17(16)15-18)22-13-11-21(12-14-22)19-7-3-4-10-20-19/h1-10,15H,11-14H2. The molecule has 2 aromatic carbocycles. The molecule has 0 aliphatic carbocycles. The van der Waals surface area contributed by atoms with Crippen LogP contribution in [0.2, 0.25) is 0 Å². The Bertz CT molecular complexity index is 982. The third-order valence-electron chi connectivity index (χ3n) is 4.57. The van der Waals surface area contributed by atoms with Gasteiger partial charge < -0.3 is 4.90 Å². The lowest BCUT2D eigenvalue weighted by molar-refractivity contribution is 0.384. The topological polar surface area (TPSA) is 53.5 Å². The summed E-state index contributed by atoms with van der Waals surface area (Å²) in [5.74, 6) is 0.894. The lowest BCUT2D eigenvalue weighted by Crippen LogP contribution is -2.48. The summed E-state index contributed by atoms with van der Waals surface area (Å²) in [5, 5.41) is 1.98. The normalized spacial score (nSPS) is 16.2. The number of pyridine rings is 1. The van der Waals surface area contributed by atoms with Gasteiger partial charge in [-0.25, -0.2) is 13.4 Å². The molecule has 0 bridgehead atoms. The van der Waals surface area contributed by atoms with E-state index in [1.54, 1.807) is 22.6 Å². The van der Waals surface area contributed by atoms with E-state index < -0.39 is 10.0 Å². The van der Waals surface area contributed by atoms with Crippen molar-refractivity contribution in [1.82, 2.24) is 9.29 Å². The highest BCUT2D eigenvalue weighted by atomic mass is 32.2. The van der Waals surface area contributed by atoms with Gasteiger partial charge in [0.2, 0.25) is 10.0 Å². The summed E-state index contributed by atoms with van der Waals surface area (Å²) in [4.78, 5) is 6.82. The van der Waals surface area contributed by atoms with Crippen molar-refractivity contribution in [1.29, 1.82) is 0 Å². The summed E-state index contributed by atoms with van der Waals surface area (Å²) in [6, 6.07) is 18.9. The first-order valence-corrected chi connectivity index (χ1v) is 9.73. The Morgan fingerprint density at radius 2 is 1.52 bits per heavy atom. The summed E-state index contributed by atoms with van der Waals surface area (Å²) in [6.07, 6.45) is 1.76. The van der Waals surface area contributed by atoms with Crippen LogP contribution in [-0.2, 0) is 10.0 Å². The molecule has 0 amide bonds. The molecular weight excluding hydrogens is 334 g/mol. The van der Waals surface area contributed by atoms with Gasteiger partial charge >= 0.3 is 0 Å². The quantitative estimate of drug-likeness (QED) is 0.727. The third-order valence-corrected chi connectivity index (χ3v) is 6.47. The molecule has 0 N–H and O–H groups in total. The Morgan fingerprint density at radius 3 is 2.24 bits per heavy atom. The van der Waals surface area contributed by atoms with Crippen LogP contribution in [0.15, 0.2) is 71.8 Å². The predicted molar refractivity (Wildman–Crippen MR) is 99.2 cm³/mol. The van der Waals surface area contributed by atoms with Crippen LogP contribution in [0.4, 0.5) is 5.82 Å². The van der Waals surface area contributed by atoms with Crippen molar-refractivity contribution >= 4 is 26.6 Å². The number of hydrogen-bond donors (Lipinski definition) is 0. The van der Waals surface area contributed by atoms with E-state index in [-0.39, 0.29) is 0 Å². The molecule has 128 valence electrons. The summed E-state index contributed by atoms with van der Waals surface area (Å²) in [6.45, 7) is 2.21. The van der Waals surface area contributed by atoms with Gasteiger partial charge in [-0.1, -0.05) is 36.4 Å². The lowest BCUT2D eigenvalue weighted by Gasteiger charge is -2.34. The Morgan fingerprint density at radius 1 is 0.800 bits per heavy atom. The highest BCUT2D eigenvalue weighted by molar-refractivity contribution is 7.89. The van der Waals surface area contributed by atoms with E-state index in [2.05, 4.69) is 9.88 Å². The molecule has 6 heteroatoms. The number of aromatic nitrogens is 1. The summed E-state index contributed by atoms with van der Waals surface area (Å²) in [5.41, 5.74) is 0. The van der Waals surface area contributed by atoms with Crippen LogP contribution in [0, 0.1) is 0 Å². The Labute approximate surface area is 147 Å². The molecule has 1 aliphatic heterocycles. The molecule has 1 aliphatic rings. The number of sulfonamides is 1. The monoisotopic (exact) mass is 353 g/mol. The van der Waals surface area contributed by atoms with Crippen molar-refractivity contribution in [2.45, 2.75) is 4.90 Å². The van der Waals surface area contributed by atoms with Crippen LogP contribution in [0.5, 0.6) is 0 Å². The Balaban J connectivity index is 1.54. The van der Waals surface area contributed by atoms with Crippen LogP contribution in [-0.4, -0.2) is 43.9 Å². The number of anilines is 1. The molecule has 1 fully saturated rings. The largest absolute Gasteiger partial charge is 0.354 e. The predicted octanol–water partition coefficient (Wildman–Crippen LogP) is 2.75. The molecule has 1 saturated heterocycles. The Hall–Kier alpha value is -2.44. The molecule has 3 aromatic rings. The second-order valence-electron chi connectivity index (χ2n) is 6.09. The minimum atomic E-state index is -3.47. The number of piperazine rings is 1. The zero-order valence-corrected chi connectivity index (χ0v) is 14.6. The molecular formula is C19H19N3O2S. The van der Waals surface area contributed by atoms with Crippen molar-refractivity contribution < 1.29 is 8.42 Å². The third kappa shape index (κ3) is 3.10. The van der Waals surface area contributed by atoms with Crippen LogP contribution in [0.1, 0.15) is 0 Å². The fourth-order valence-electron chi connectivity index (χ4n) is 3.18. The fourth-order valence-corrected chi connectivity index (χ4v) is 4.63. The van der Waals surface area contributed by atoms with Crippen LogP contribution >= 0.6 is 0 Å². The number of fused-ring (bicyclic) bond motifs is 1. The van der Waals surface area contributed by atoms with Gasteiger partial charge in [0, 0.05) is 32.4 Å². The van der Waals surface area contributed by atoms with E-state index in [0.717, 1.165) is 16.6 Å². The van der Waals surface area contributed by atoms with Crippen molar-refractivity contribution in [2.24, 2.45) is 0 Å². The first-order valence-electron chi connectivity index (χ1n) is 8.29. The Kier molecular flexibility index (Phi) is 4.15. The summed E-state index contributed by atoms with van der Waals surface area (Å²) >= 11 is 0. The maximum absolute atomic E-state index is 13.0. The first-order chi connectivity index (χ1) is 12.1. The van der Waals surface area contributed by atoms with Crippen LogP contribution in [0.3, 0.4) is 0 Å². The molecule has 0 saturated carbocycles. The minimum absolute atomic E-state index is 0.359. The molecule has 0 radical (unpaired) electrons. The molecule has 0 atom stereocenters. The van der Waals surface area contributed by atoms with Gasteiger partial charge in [-0.05, 0) is 35.0 Å². The average Bonchev–Trinajstić information content (AvgIpc) is 2.68. The van der Waals surface area contributed by atoms with Crippen molar-refractivity contribution in [3.05, 3.63) is 66.9 Å². The average molecular weight is 353 g/mol. The van der Waals surface area contributed by atoms with Gasteiger partial charge in [-0.3, -0.25) is 0 Å². The lowest BCUT2D eigenvalue weighted by atomic mass is 10.1. The summed E-state index contributed by atoms with van der Waals surface area (Å²) in [7, 11) is -3.47. The molecule has 2 heterocycles. The highest BCUT2D eigenvalue weighted by Crippen LogP contribution is 2.23. The van der Waals surface area contributed by atoms with E-state index in [9.17, 15) is 8.42 Å². The number of benzene rings is 2. The molecule has 1 aromatic heterocycles. The van der Waals surface area contributed by atoms with E-state index in [1.807, 2.05) is 48.5 Å². The van der Waals surface area contributed by atoms with Crippen LogP contribution in [0.25, 0.3) is 10.8 Å².